The summed E-state index contributed by atoms with van der Waals surface area (Å²) >= 11 is 0. The van der Waals surface area contributed by atoms with Crippen LogP contribution in [0.4, 0.5) is 0 Å². The molecule has 2 heterocycles. The molecule has 1 saturated heterocycles. The Morgan fingerprint density at radius 2 is 1.89 bits per heavy atom. The van der Waals surface area contributed by atoms with Crippen LogP contribution in [0, 0.1) is 0 Å². The van der Waals surface area contributed by atoms with Crippen LogP contribution >= 0.6 is 0 Å². The normalized spacial score (nSPS) is 16.9. The predicted molar refractivity (Wildman–Crippen MR) is 66.2 cm³/mol. The quantitative estimate of drug-likeness (QED) is 0.845. The molecular formula is C13H15N3O2. The predicted octanol–water partition coefficient (Wildman–Crippen LogP) is 1.91. The highest BCUT2D eigenvalue weighted by atomic mass is 16.5. The first-order valence-corrected chi connectivity index (χ1v) is 6.16. The molecule has 0 atom stereocenters. The van der Waals surface area contributed by atoms with Crippen molar-refractivity contribution in [1.82, 2.24) is 15.5 Å². The van der Waals surface area contributed by atoms with Gasteiger partial charge in [0.15, 0.2) is 0 Å². The molecule has 1 aromatic heterocycles. The molecule has 1 aliphatic rings. The average Bonchev–Trinajstić information content (AvgIpc) is 2.90. The van der Waals surface area contributed by atoms with Crippen LogP contribution in [0.2, 0.25) is 0 Å². The molecule has 2 N–H and O–H groups in total. The minimum Gasteiger partial charge on any atom is -0.508 e. The molecule has 0 bridgehead atoms. The summed E-state index contributed by atoms with van der Waals surface area (Å²) in [4.78, 5) is 4.45. The zero-order valence-electron chi connectivity index (χ0n) is 9.97. The third kappa shape index (κ3) is 2.22. The molecule has 1 aromatic carbocycles. The summed E-state index contributed by atoms with van der Waals surface area (Å²) in [5.74, 6) is 1.91. The molecule has 1 fully saturated rings. The first-order chi connectivity index (χ1) is 8.83. The Bertz CT molecular complexity index is 515. The molecule has 3 rings (SSSR count). The number of hydrogen-bond acceptors (Lipinski definition) is 5. The molecule has 0 unspecified atom stereocenters. The van der Waals surface area contributed by atoms with E-state index in [1.807, 2.05) is 0 Å². The van der Waals surface area contributed by atoms with Crippen molar-refractivity contribution in [1.29, 1.82) is 0 Å². The van der Waals surface area contributed by atoms with Gasteiger partial charge in [-0.05, 0) is 50.2 Å². The number of hydrogen-bond donors (Lipinski definition) is 2. The van der Waals surface area contributed by atoms with Gasteiger partial charge in [0.2, 0.25) is 11.7 Å². The van der Waals surface area contributed by atoms with Crippen molar-refractivity contribution in [2.75, 3.05) is 13.1 Å². The van der Waals surface area contributed by atoms with E-state index in [2.05, 4.69) is 15.5 Å². The lowest BCUT2D eigenvalue weighted by atomic mass is 9.98. The second-order valence-electron chi connectivity index (χ2n) is 4.53. The van der Waals surface area contributed by atoms with E-state index in [-0.39, 0.29) is 5.75 Å². The van der Waals surface area contributed by atoms with E-state index < -0.39 is 0 Å². The van der Waals surface area contributed by atoms with Gasteiger partial charge in [-0.15, -0.1) is 0 Å². The lowest BCUT2D eigenvalue weighted by Gasteiger charge is -2.18. The molecule has 0 aliphatic carbocycles. The van der Waals surface area contributed by atoms with Crippen molar-refractivity contribution < 1.29 is 9.63 Å². The number of phenolic OH excluding ortho intramolecular Hbond substituents is 1. The Balaban J connectivity index is 1.82. The van der Waals surface area contributed by atoms with Crippen LogP contribution < -0.4 is 5.32 Å². The Labute approximate surface area is 105 Å². The van der Waals surface area contributed by atoms with Crippen LogP contribution in [0.3, 0.4) is 0 Å². The highest BCUT2D eigenvalue weighted by Gasteiger charge is 2.21. The number of aromatic hydroxyl groups is 1. The van der Waals surface area contributed by atoms with Crippen molar-refractivity contribution in [2.45, 2.75) is 18.8 Å². The van der Waals surface area contributed by atoms with Gasteiger partial charge in [0.25, 0.3) is 0 Å². The molecule has 2 aromatic rings. The Morgan fingerprint density at radius 3 is 2.61 bits per heavy atom. The summed E-state index contributed by atoms with van der Waals surface area (Å²) in [5, 5.41) is 16.6. The van der Waals surface area contributed by atoms with E-state index in [0.29, 0.717) is 11.7 Å². The number of nitrogens with one attached hydrogen (secondary N) is 1. The summed E-state index contributed by atoms with van der Waals surface area (Å²) in [6, 6.07) is 6.81. The Morgan fingerprint density at radius 1 is 1.17 bits per heavy atom. The highest BCUT2D eigenvalue weighted by Crippen LogP contribution is 2.26. The SMILES string of the molecule is Oc1ccc(-c2noc(C3CCNCC3)n2)cc1. The van der Waals surface area contributed by atoms with Gasteiger partial charge < -0.3 is 14.9 Å². The van der Waals surface area contributed by atoms with E-state index >= 15 is 0 Å². The van der Waals surface area contributed by atoms with Crippen molar-refractivity contribution in [3.05, 3.63) is 30.2 Å². The molecule has 1 aliphatic heterocycles. The first kappa shape index (κ1) is 11.2. The van der Waals surface area contributed by atoms with Gasteiger partial charge in [0.1, 0.15) is 5.75 Å². The second kappa shape index (κ2) is 4.78. The maximum Gasteiger partial charge on any atom is 0.230 e. The fourth-order valence-electron chi connectivity index (χ4n) is 2.20. The van der Waals surface area contributed by atoms with Crippen LogP contribution in [0.1, 0.15) is 24.7 Å². The largest absolute Gasteiger partial charge is 0.508 e. The van der Waals surface area contributed by atoms with Crippen LogP contribution in [-0.4, -0.2) is 28.3 Å². The molecule has 5 nitrogen and oxygen atoms in total. The van der Waals surface area contributed by atoms with Gasteiger partial charge in [-0.1, -0.05) is 5.16 Å². The molecular weight excluding hydrogens is 230 g/mol. The zero-order chi connectivity index (χ0) is 12.4. The number of rotatable bonds is 2. The molecule has 94 valence electrons. The monoisotopic (exact) mass is 245 g/mol. The zero-order valence-corrected chi connectivity index (χ0v) is 9.97. The summed E-state index contributed by atoms with van der Waals surface area (Å²) in [6.45, 7) is 2.00. The fourth-order valence-corrected chi connectivity index (χ4v) is 2.20. The van der Waals surface area contributed by atoms with Crippen LogP contribution in [-0.2, 0) is 0 Å². The summed E-state index contributed by atoms with van der Waals surface area (Å²) in [5.41, 5.74) is 0.858. The number of nitrogens with zero attached hydrogens (tertiary/aromatic N) is 2. The van der Waals surface area contributed by atoms with Gasteiger partial charge in [0, 0.05) is 11.5 Å². The summed E-state index contributed by atoms with van der Waals surface area (Å²) in [6.07, 6.45) is 2.08. The van der Waals surface area contributed by atoms with E-state index in [1.165, 1.54) is 0 Å². The molecule has 0 spiro atoms. The number of benzene rings is 1. The first-order valence-electron chi connectivity index (χ1n) is 6.16. The molecule has 0 radical (unpaired) electrons. The smallest absolute Gasteiger partial charge is 0.230 e. The van der Waals surface area contributed by atoms with Gasteiger partial charge in [-0.2, -0.15) is 4.98 Å². The lowest BCUT2D eigenvalue weighted by molar-refractivity contribution is 0.320. The Hall–Kier alpha value is -1.88. The number of phenols is 1. The minimum atomic E-state index is 0.237. The topological polar surface area (TPSA) is 71.2 Å². The molecule has 0 saturated carbocycles. The van der Waals surface area contributed by atoms with Gasteiger partial charge in [-0.25, -0.2) is 0 Å². The maximum atomic E-state index is 9.24. The lowest BCUT2D eigenvalue weighted by Crippen LogP contribution is -2.26. The van der Waals surface area contributed by atoms with Crippen LogP contribution in [0.5, 0.6) is 5.75 Å². The molecule has 5 heteroatoms. The van der Waals surface area contributed by atoms with Crippen molar-refractivity contribution >= 4 is 0 Å². The van der Waals surface area contributed by atoms with Crippen molar-refractivity contribution in [3.8, 4) is 17.1 Å². The maximum absolute atomic E-state index is 9.24. The van der Waals surface area contributed by atoms with Crippen molar-refractivity contribution in [3.63, 3.8) is 0 Å². The second-order valence-corrected chi connectivity index (χ2v) is 4.53. The van der Waals surface area contributed by atoms with Gasteiger partial charge >= 0.3 is 0 Å². The third-order valence-electron chi connectivity index (χ3n) is 3.26. The summed E-state index contributed by atoms with van der Waals surface area (Å²) < 4.78 is 5.34. The van der Waals surface area contributed by atoms with E-state index in [4.69, 9.17) is 4.52 Å². The van der Waals surface area contributed by atoms with Crippen LogP contribution in [0.25, 0.3) is 11.4 Å². The van der Waals surface area contributed by atoms with E-state index in [0.717, 1.165) is 37.4 Å². The van der Waals surface area contributed by atoms with E-state index in [1.54, 1.807) is 24.3 Å². The third-order valence-corrected chi connectivity index (χ3v) is 3.26. The average molecular weight is 245 g/mol. The van der Waals surface area contributed by atoms with Gasteiger partial charge in [0.05, 0.1) is 0 Å². The molecule has 0 amide bonds. The van der Waals surface area contributed by atoms with E-state index in [9.17, 15) is 5.11 Å². The van der Waals surface area contributed by atoms with Crippen LogP contribution in [0.15, 0.2) is 28.8 Å². The van der Waals surface area contributed by atoms with Gasteiger partial charge in [-0.3, -0.25) is 0 Å². The number of aromatic nitrogens is 2. The fraction of sp³-hybridized carbons (Fsp3) is 0.385. The number of piperidine rings is 1. The highest BCUT2D eigenvalue weighted by molar-refractivity contribution is 5.55. The molecule has 18 heavy (non-hydrogen) atoms. The van der Waals surface area contributed by atoms with Crippen molar-refractivity contribution in [2.24, 2.45) is 0 Å². The Kier molecular flexibility index (Phi) is 2.98. The standard InChI is InChI=1S/C13H15N3O2/c17-11-3-1-9(2-4-11)12-15-13(18-16-12)10-5-7-14-8-6-10/h1-4,10,14,17H,5-8H2. The summed E-state index contributed by atoms with van der Waals surface area (Å²) in [7, 11) is 0. The minimum absolute atomic E-state index is 0.237.